The SMILES string of the molecule is CCOc1c(Cl)cc(CC(C(=O)O)c2cccs2)cc1OC. The van der Waals surface area contributed by atoms with Crippen LogP contribution in [0.15, 0.2) is 29.6 Å². The molecule has 0 amide bonds. The van der Waals surface area contributed by atoms with Gasteiger partial charge in [-0.25, -0.2) is 0 Å². The van der Waals surface area contributed by atoms with E-state index in [1.807, 2.05) is 24.4 Å². The predicted octanol–water partition coefficient (Wildman–Crippen LogP) is 4.22. The van der Waals surface area contributed by atoms with E-state index in [9.17, 15) is 9.90 Å². The predicted molar refractivity (Wildman–Crippen MR) is 87.6 cm³/mol. The number of carbonyl (C=O) groups is 1. The molecule has 1 aromatic heterocycles. The fourth-order valence-electron chi connectivity index (χ4n) is 2.21. The minimum absolute atomic E-state index is 0.346. The third-order valence-corrected chi connectivity index (χ3v) is 4.47. The largest absolute Gasteiger partial charge is 0.493 e. The molecule has 0 aliphatic carbocycles. The van der Waals surface area contributed by atoms with Crippen LogP contribution in [0.25, 0.3) is 0 Å². The van der Waals surface area contributed by atoms with Crippen molar-refractivity contribution in [1.82, 2.24) is 0 Å². The minimum Gasteiger partial charge on any atom is -0.493 e. The van der Waals surface area contributed by atoms with Crippen molar-refractivity contribution < 1.29 is 19.4 Å². The highest BCUT2D eigenvalue weighted by Crippen LogP contribution is 2.38. The van der Waals surface area contributed by atoms with Crippen LogP contribution in [-0.4, -0.2) is 24.8 Å². The third kappa shape index (κ3) is 3.72. The first kappa shape index (κ1) is 16.6. The van der Waals surface area contributed by atoms with Crippen LogP contribution in [0.2, 0.25) is 5.02 Å². The lowest BCUT2D eigenvalue weighted by Crippen LogP contribution is -2.13. The summed E-state index contributed by atoms with van der Waals surface area (Å²) in [5.41, 5.74) is 0.797. The Hall–Kier alpha value is -1.72. The zero-order chi connectivity index (χ0) is 16.1. The van der Waals surface area contributed by atoms with Gasteiger partial charge in [-0.3, -0.25) is 4.79 Å². The summed E-state index contributed by atoms with van der Waals surface area (Å²) in [4.78, 5) is 12.3. The first-order valence-electron chi connectivity index (χ1n) is 6.82. The molecule has 1 heterocycles. The molecule has 4 nitrogen and oxygen atoms in total. The molecule has 0 aliphatic heterocycles. The van der Waals surface area contributed by atoms with Gasteiger partial charge in [0.05, 0.1) is 24.7 Å². The van der Waals surface area contributed by atoms with Crippen LogP contribution in [0.5, 0.6) is 11.5 Å². The number of hydrogen-bond donors (Lipinski definition) is 1. The van der Waals surface area contributed by atoms with E-state index in [1.165, 1.54) is 18.4 Å². The highest BCUT2D eigenvalue weighted by Gasteiger charge is 2.23. The second kappa shape index (κ2) is 7.51. The molecule has 2 rings (SSSR count). The van der Waals surface area contributed by atoms with Crippen molar-refractivity contribution in [3.05, 3.63) is 45.1 Å². The number of methoxy groups -OCH3 is 1. The average molecular weight is 341 g/mol. The first-order valence-corrected chi connectivity index (χ1v) is 8.08. The summed E-state index contributed by atoms with van der Waals surface area (Å²) in [5.74, 6) is -0.455. The number of thiophene rings is 1. The van der Waals surface area contributed by atoms with E-state index in [0.29, 0.717) is 29.5 Å². The van der Waals surface area contributed by atoms with E-state index in [-0.39, 0.29) is 0 Å². The van der Waals surface area contributed by atoms with Gasteiger partial charge < -0.3 is 14.6 Å². The first-order chi connectivity index (χ1) is 10.6. The van der Waals surface area contributed by atoms with Gasteiger partial charge in [0, 0.05) is 4.88 Å². The van der Waals surface area contributed by atoms with E-state index < -0.39 is 11.9 Å². The summed E-state index contributed by atoms with van der Waals surface area (Å²) in [6.07, 6.45) is 0.346. The number of aliphatic carboxylic acids is 1. The Bertz CT molecular complexity index is 640. The van der Waals surface area contributed by atoms with Crippen molar-refractivity contribution in [2.45, 2.75) is 19.3 Å². The molecular weight excluding hydrogens is 324 g/mol. The summed E-state index contributed by atoms with van der Waals surface area (Å²) in [5, 5.41) is 11.8. The Labute approximate surface area is 138 Å². The number of hydrogen-bond acceptors (Lipinski definition) is 4. The van der Waals surface area contributed by atoms with Gasteiger partial charge in [0.2, 0.25) is 0 Å². The second-order valence-electron chi connectivity index (χ2n) is 4.65. The molecule has 0 spiro atoms. The Kier molecular flexibility index (Phi) is 5.69. The second-order valence-corrected chi connectivity index (χ2v) is 6.04. The molecule has 6 heteroatoms. The number of halogens is 1. The summed E-state index contributed by atoms with van der Waals surface area (Å²) >= 11 is 7.66. The number of ether oxygens (including phenoxy) is 2. The Morgan fingerprint density at radius 3 is 2.77 bits per heavy atom. The van der Waals surface area contributed by atoms with Crippen molar-refractivity contribution in [1.29, 1.82) is 0 Å². The van der Waals surface area contributed by atoms with Crippen LogP contribution in [0.4, 0.5) is 0 Å². The monoisotopic (exact) mass is 340 g/mol. The van der Waals surface area contributed by atoms with E-state index in [4.69, 9.17) is 21.1 Å². The zero-order valence-electron chi connectivity index (χ0n) is 12.3. The van der Waals surface area contributed by atoms with Gasteiger partial charge in [0.15, 0.2) is 11.5 Å². The van der Waals surface area contributed by atoms with E-state index in [0.717, 1.165) is 10.4 Å². The van der Waals surface area contributed by atoms with Gasteiger partial charge in [0.1, 0.15) is 0 Å². The number of carboxylic acid groups (broad SMARTS) is 1. The van der Waals surface area contributed by atoms with Gasteiger partial charge in [-0.1, -0.05) is 17.7 Å². The molecule has 0 saturated carbocycles. The molecule has 1 unspecified atom stereocenters. The Morgan fingerprint density at radius 2 is 2.23 bits per heavy atom. The van der Waals surface area contributed by atoms with Gasteiger partial charge in [-0.05, 0) is 42.5 Å². The van der Waals surface area contributed by atoms with Crippen molar-refractivity contribution >= 4 is 28.9 Å². The molecule has 22 heavy (non-hydrogen) atoms. The van der Waals surface area contributed by atoms with Crippen molar-refractivity contribution in [3.63, 3.8) is 0 Å². The third-order valence-electron chi connectivity index (χ3n) is 3.20. The van der Waals surface area contributed by atoms with Crippen LogP contribution in [-0.2, 0) is 11.2 Å². The number of rotatable bonds is 7. The van der Waals surface area contributed by atoms with E-state index in [2.05, 4.69) is 0 Å². The van der Waals surface area contributed by atoms with Crippen LogP contribution >= 0.6 is 22.9 Å². The van der Waals surface area contributed by atoms with E-state index in [1.54, 1.807) is 12.1 Å². The summed E-state index contributed by atoms with van der Waals surface area (Å²) in [6.45, 7) is 2.34. The fraction of sp³-hybridized carbons (Fsp3) is 0.312. The number of benzene rings is 1. The van der Waals surface area contributed by atoms with Crippen LogP contribution in [0, 0.1) is 0 Å². The Balaban J connectivity index is 2.32. The smallest absolute Gasteiger partial charge is 0.312 e. The lowest BCUT2D eigenvalue weighted by atomic mass is 9.97. The van der Waals surface area contributed by atoms with E-state index >= 15 is 0 Å². The van der Waals surface area contributed by atoms with Gasteiger partial charge >= 0.3 is 5.97 Å². The summed E-state index contributed by atoms with van der Waals surface area (Å²) < 4.78 is 10.8. The molecule has 0 saturated heterocycles. The van der Waals surface area contributed by atoms with Crippen LogP contribution in [0.1, 0.15) is 23.3 Å². The molecular formula is C16H17ClO4S. The van der Waals surface area contributed by atoms with Gasteiger partial charge in [0.25, 0.3) is 0 Å². The van der Waals surface area contributed by atoms with Gasteiger partial charge in [-0.2, -0.15) is 0 Å². The molecule has 1 N–H and O–H groups in total. The quantitative estimate of drug-likeness (QED) is 0.819. The molecule has 0 radical (unpaired) electrons. The molecule has 2 aromatic rings. The normalized spacial score (nSPS) is 12.0. The van der Waals surface area contributed by atoms with Gasteiger partial charge in [-0.15, -0.1) is 11.3 Å². The van der Waals surface area contributed by atoms with Crippen LogP contribution < -0.4 is 9.47 Å². The molecule has 0 aliphatic rings. The molecule has 1 atom stereocenters. The molecule has 1 aromatic carbocycles. The summed E-state index contributed by atoms with van der Waals surface area (Å²) in [7, 11) is 1.53. The Morgan fingerprint density at radius 1 is 1.45 bits per heavy atom. The van der Waals surface area contributed by atoms with Crippen molar-refractivity contribution in [3.8, 4) is 11.5 Å². The maximum absolute atomic E-state index is 11.5. The maximum Gasteiger partial charge on any atom is 0.312 e. The minimum atomic E-state index is -0.855. The standard InChI is InChI=1S/C16H17ClO4S/c1-3-21-15-12(17)8-10(9-13(15)20-2)7-11(16(18)19)14-5-4-6-22-14/h4-6,8-9,11H,3,7H2,1-2H3,(H,18,19). The molecule has 0 bridgehead atoms. The maximum atomic E-state index is 11.5. The topological polar surface area (TPSA) is 55.8 Å². The highest BCUT2D eigenvalue weighted by atomic mass is 35.5. The number of carboxylic acids is 1. The average Bonchev–Trinajstić information content (AvgIpc) is 3.00. The van der Waals surface area contributed by atoms with Crippen molar-refractivity contribution in [2.75, 3.05) is 13.7 Å². The molecule has 118 valence electrons. The fourth-order valence-corrected chi connectivity index (χ4v) is 3.32. The van der Waals surface area contributed by atoms with Crippen LogP contribution in [0.3, 0.4) is 0 Å². The van der Waals surface area contributed by atoms with Crippen molar-refractivity contribution in [2.24, 2.45) is 0 Å². The summed E-state index contributed by atoms with van der Waals surface area (Å²) in [6, 6.07) is 7.19. The highest BCUT2D eigenvalue weighted by molar-refractivity contribution is 7.10. The lowest BCUT2D eigenvalue weighted by molar-refractivity contribution is -0.138. The molecule has 0 fully saturated rings. The zero-order valence-corrected chi connectivity index (χ0v) is 13.9. The lowest BCUT2D eigenvalue weighted by Gasteiger charge is -2.15.